The first-order valence-electron chi connectivity index (χ1n) is 11.4. The van der Waals surface area contributed by atoms with Crippen LogP contribution in [0, 0.1) is 5.92 Å². The summed E-state index contributed by atoms with van der Waals surface area (Å²) < 4.78 is 0. The summed E-state index contributed by atoms with van der Waals surface area (Å²) in [4.78, 5) is 42.3. The molecule has 0 spiro atoms. The standard InChI is InChI=1S/C25H28N4O3/c30-22(18-11-12-18)26-21-13-15-28(16-14-21)17-29-23(31)25(27-24(29)32,19-7-3-1-4-8-19)20-9-5-2-6-10-20/h1-10,18,21H,11-17H2,(H,26,30)(H,27,32). The van der Waals surface area contributed by atoms with Crippen molar-refractivity contribution in [3.8, 4) is 0 Å². The molecule has 0 radical (unpaired) electrons. The largest absolute Gasteiger partial charge is 0.353 e. The highest BCUT2D eigenvalue weighted by Crippen LogP contribution is 2.36. The number of benzene rings is 2. The normalized spacial score (nSPS) is 21.4. The fraction of sp³-hybridized carbons (Fsp3) is 0.400. The number of amides is 4. The number of carbonyl (C=O) groups excluding carboxylic acids is 3. The Balaban J connectivity index is 1.31. The zero-order valence-electron chi connectivity index (χ0n) is 18.0. The van der Waals surface area contributed by atoms with E-state index >= 15 is 0 Å². The quantitative estimate of drug-likeness (QED) is 0.687. The Morgan fingerprint density at radius 3 is 2.00 bits per heavy atom. The topological polar surface area (TPSA) is 81.8 Å². The number of rotatable bonds is 6. The monoisotopic (exact) mass is 432 g/mol. The maximum absolute atomic E-state index is 13.8. The molecule has 0 unspecified atom stereocenters. The Labute approximate surface area is 187 Å². The maximum Gasteiger partial charge on any atom is 0.326 e. The molecule has 7 heteroatoms. The van der Waals surface area contributed by atoms with Crippen molar-refractivity contribution in [2.24, 2.45) is 5.92 Å². The van der Waals surface area contributed by atoms with Crippen LogP contribution in [0.25, 0.3) is 0 Å². The van der Waals surface area contributed by atoms with Crippen molar-refractivity contribution < 1.29 is 14.4 Å². The molecule has 2 saturated heterocycles. The molecule has 3 fully saturated rings. The lowest BCUT2D eigenvalue weighted by atomic mass is 9.83. The van der Waals surface area contributed by atoms with Gasteiger partial charge in [-0.2, -0.15) is 0 Å². The van der Waals surface area contributed by atoms with Crippen molar-refractivity contribution in [1.29, 1.82) is 0 Å². The number of nitrogens with zero attached hydrogens (tertiary/aromatic N) is 2. The molecule has 32 heavy (non-hydrogen) atoms. The predicted octanol–water partition coefficient (Wildman–Crippen LogP) is 2.43. The third-order valence-electron chi connectivity index (χ3n) is 6.74. The van der Waals surface area contributed by atoms with Crippen LogP contribution in [0.2, 0.25) is 0 Å². The number of carbonyl (C=O) groups is 3. The summed E-state index contributed by atoms with van der Waals surface area (Å²) >= 11 is 0. The average Bonchev–Trinajstić information content (AvgIpc) is 3.65. The van der Waals surface area contributed by atoms with Gasteiger partial charge in [-0.25, -0.2) is 9.69 Å². The van der Waals surface area contributed by atoms with Crippen molar-refractivity contribution in [1.82, 2.24) is 20.4 Å². The summed E-state index contributed by atoms with van der Waals surface area (Å²) in [5.41, 5.74) is 0.262. The Morgan fingerprint density at radius 2 is 1.47 bits per heavy atom. The minimum atomic E-state index is -1.23. The molecular formula is C25H28N4O3. The lowest BCUT2D eigenvalue weighted by Crippen LogP contribution is -2.50. The lowest BCUT2D eigenvalue weighted by molar-refractivity contribution is -0.131. The highest BCUT2D eigenvalue weighted by Gasteiger charge is 2.54. The number of hydrogen-bond acceptors (Lipinski definition) is 4. The summed E-state index contributed by atoms with van der Waals surface area (Å²) in [7, 11) is 0. The van der Waals surface area contributed by atoms with Crippen molar-refractivity contribution in [3.05, 3.63) is 71.8 Å². The highest BCUT2D eigenvalue weighted by atomic mass is 16.2. The van der Waals surface area contributed by atoms with E-state index in [0.29, 0.717) is 0 Å². The van der Waals surface area contributed by atoms with Crippen molar-refractivity contribution in [2.75, 3.05) is 19.8 Å². The SMILES string of the molecule is O=C(NC1CCN(CN2C(=O)NC(c3ccccc3)(c3ccccc3)C2=O)CC1)C1CC1. The molecule has 2 aromatic rings. The van der Waals surface area contributed by atoms with Gasteiger partial charge >= 0.3 is 6.03 Å². The van der Waals surface area contributed by atoms with E-state index in [9.17, 15) is 14.4 Å². The zero-order chi connectivity index (χ0) is 22.1. The van der Waals surface area contributed by atoms with Crippen LogP contribution < -0.4 is 10.6 Å². The highest BCUT2D eigenvalue weighted by molar-refractivity contribution is 6.09. The lowest BCUT2D eigenvalue weighted by Gasteiger charge is -2.34. The second-order valence-corrected chi connectivity index (χ2v) is 8.96. The van der Waals surface area contributed by atoms with Crippen LogP contribution >= 0.6 is 0 Å². The molecule has 0 atom stereocenters. The van der Waals surface area contributed by atoms with Gasteiger partial charge in [0.25, 0.3) is 5.91 Å². The van der Waals surface area contributed by atoms with Gasteiger partial charge in [0.15, 0.2) is 5.54 Å². The van der Waals surface area contributed by atoms with E-state index in [1.165, 1.54) is 4.90 Å². The Kier molecular flexibility index (Phi) is 5.43. The molecule has 3 aliphatic rings. The van der Waals surface area contributed by atoms with Crippen molar-refractivity contribution in [2.45, 2.75) is 37.3 Å². The molecule has 166 valence electrons. The number of hydrogen-bond donors (Lipinski definition) is 2. The fourth-order valence-electron chi connectivity index (χ4n) is 4.72. The fourth-order valence-corrected chi connectivity index (χ4v) is 4.72. The van der Waals surface area contributed by atoms with Gasteiger partial charge in [-0.05, 0) is 36.8 Å². The third kappa shape index (κ3) is 3.77. The first-order valence-corrected chi connectivity index (χ1v) is 11.4. The molecule has 5 rings (SSSR count). The Bertz CT molecular complexity index is 959. The van der Waals surface area contributed by atoms with Gasteiger partial charge in [0.1, 0.15) is 0 Å². The van der Waals surface area contributed by atoms with Crippen LogP contribution in [0.5, 0.6) is 0 Å². The summed E-state index contributed by atoms with van der Waals surface area (Å²) in [6.45, 7) is 1.71. The first-order chi connectivity index (χ1) is 15.6. The minimum absolute atomic E-state index is 0.174. The molecule has 0 aromatic heterocycles. The number of urea groups is 1. The predicted molar refractivity (Wildman–Crippen MR) is 119 cm³/mol. The van der Waals surface area contributed by atoms with Crippen LogP contribution in [-0.2, 0) is 15.1 Å². The van der Waals surface area contributed by atoms with Crippen LogP contribution in [0.1, 0.15) is 36.8 Å². The van der Waals surface area contributed by atoms with E-state index in [-0.39, 0.29) is 36.5 Å². The third-order valence-corrected chi connectivity index (χ3v) is 6.74. The molecule has 2 aliphatic heterocycles. The van der Waals surface area contributed by atoms with E-state index in [0.717, 1.165) is 49.9 Å². The van der Waals surface area contributed by atoms with Gasteiger partial charge in [-0.15, -0.1) is 0 Å². The zero-order valence-corrected chi connectivity index (χ0v) is 18.0. The number of imide groups is 1. The van der Waals surface area contributed by atoms with E-state index in [1.54, 1.807) is 0 Å². The first kappa shape index (κ1) is 20.7. The van der Waals surface area contributed by atoms with Gasteiger partial charge in [-0.1, -0.05) is 60.7 Å². The molecule has 0 bridgehead atoms. The van der Waals surface area contributed by atoms with Crippen LogP contribution in [-0.4, -0.2) is 53.4 Å². The summed E-state index contributed by atoms with van der Waals surface area (Å²) in [5, 5.41) is 6.14. The number of likely N-dealkylation sites (tertiary alicyclic amines) is 1. The van der Waals surface area contributed by atoms with Crippen molar-refractivity contribution >= 4 is 17.8 Å². The average molecular weight is 433 g/mol. The molecule has 4 amide bonds. The van der Waals surface area contributed by atoms with E-state index in [2.05, 4.69) is 15.5 Å². The molecule has 2 aromatic carbocycles. The van der Waals surface area contributed by atoms with Crippen LogP contribution in [0.4, 0.5) is 4.79 Å². The van der Waals surface area contributed by atoms with Gasteiger partial charge in [0.2, 0.25) is 5.91 Å². The Hall–Kier alpha value is -3.19. The van der Waals surface area contributed by atoms with E-state index in [1.807, 2.05) is 60.7 Å². The van der Waals surface area contributed by atoms with Gasteiger partial charge < -0.3 is 10.6 Å². The van der Waals surface area contributed by atoms with E-state index in [4.69, 9.17) is 0 Å². The van der Waals surface area contributed by atoms with Crippen molar-refractivity contribution in [3.63, 3.8) is 0 Å². The maximum atomic E-state index is 13.8. The smallest absolute Gasteiger partial charge is 0.326 e. The molecule has 1 aliphatic carbocycles. The van der Waals surface area contributed by atoms with E-state index < -0.39 is 5.54 Å². The molecule has 2 N–H and O–H groups in total. The molecule has 1 saturated carbocycles. The minimum Gasteiger partial charge on any atom is -0.353 e. The summed E-state index contributed by atoms with van der Waals surface area (Å²) in [6.07, 6.45) is 3.65. The Morgan fingerprint density at radius 1 is 0.906 bits per heavy atom. The molecule has 2 heterocycles. The second-order valence-electron chi connectivity index (χ2n) is 8.96. The van der Waals surface area contributed by atoms with Crippen LogP contribution in [0.3, 0.4) is 0 Å². The van der Waals surface area contributed by atoms with Crippen LogP contribution in [0.15, 0.2) is 60.7 Å². The number of piperidine rings is 1. The molecule has 7 nitrogen and oxygen atoms in total. The summed E-state index contributed by atoms with van der Waals surface area (Å²) in [5.74, 6) is 0.125. The second kappa shape index (κ2) is 8.39. The molecular weight excluding hydrogens is 404 g/mol. The van der Waals surface area contributed by atoms with Gasteiger partial charge in [-0.3, -0.25) is 14.5 Å². The summed E-state index contributed by atoms with van der Waals surface area (Å²) in [6, 6.07) is 18.6. The number of nitrogens with one attached hydrogen (secondary N) is 2. The van der Waals surface area contributed by atoms with Gasteiger partial charge in [0, 0.05) is 25.0 Å². The van der Waals surface area contributed by atoms with Gasteiger partial charge in [0.05, 0.1) is 6.67 Å².